The molecule has 0 saturated heterocycles. The fourth-order valence-corrected chi connectivity index (χ4v) is 2.07. The zero-order chi connectivity index (χ0) is 15.8. The van der Waals surface area contributed by atoms with Crippen LogP contribution >= 0.6 is 12.4 Å². The number of nitrogens with one attached hydrogen (secondary N) is 1. The molecule has 2 rings (SSSR count). The number of methoxy groups -OCH3 is 1. The van der Waals surface area contributed by atoms with Crippen molar-refractivity contribution >= 4 is 12.4 Å². The van der Waals surface area contributed by atoms with E-state index < -0.39 is 0 Å². The molecule has 0 fully saturated rings. The molecule has 0 unspecified atom stereocenters. The second kappa shape index (κ2) is 9.87. The molecule has 0 aromatic heterocycles. The Morgan fingerprint density at radius 1 is 1.17 bits per heavy atom. The molecule has 0 aliphatic carbocycles. The van der Waals surface area contributed by atoms with Crippen molar-refractivity contribution in [2.24, 2.45) is 0 Å². The summed E-state index contributed by atoms with van der Waals surface area (Å²) in [5.74, 6) is 1.13. The highest BCUT2D eigenvalue weighted by Crippen LogP contribution is 2.31. The molecule has 0 saturated carbocycles. The molecule has 23 heavy (non-hydrogen) atoms. The largest absolute Gasteiger partial charge is 0.493 e. The molecule has 0 radical (unpaired) electrons. The number of benzene rings is 2. The van der Waals surface area contributed by atoms with Crippen LogP contribution in [0.15, 0.2) is 55.1 Å². The van der Waals surface area contributed by atoms with Crippen molar-refractivity contribution in [1.82, 2.24) is 5.32 Å². The first-order valence-corrected chi connectivity index (χ1v) is 7.09. The maximum Gasteiger partial charge on any atom is 0.166 e. The van der Waals surface area contributed by atoms with Crippen molar-refractivity contribution in [2.75, 3.05) is 13.7 Å². The first-order chi connectivity index (χ1) is 10.7. The van der Waals surface area contributed by atoms with Crippen molar-refractivity contribution in [2.45, 2.75) is 13.2 Å². The first-order valence-electron chi connectivity index (χ1n) is 7.09. The molecule has 1 N–H and O–H groups in total. The molecular formula is C18H21ClFNO2. The van der Waals surface area contributed by atoms with Gasteiger partial charge in [0.05, 0.1) is 7.11 Å². The Kier molecular flexibility index (Phi) is 8.16. The molecule has 3 nitrogen and oxygen atoms in total. The van der Waals surface area contributed by atoms with Crippen LogP contribution in [0.1, 0.15) is 11.1 Å². The van der Waals surface area contributed by atoms with Gasteiger partial charge in [0.2, 0.25) is 0 Å². The van der Waals surface area contributed by atoms with Crippen LogP contribution in [-0.4, -0.2) is 13.7 Å². The number of para-hydroxylation sites is 1. The van der Waals surface area contributed by atoms with E-state index in [1.807, 2.05) is 18.2 Å². The lowest BCUT2D eigenvalue weighted by atomic mass is 10.1. The summed E-state index contributed by atoms with van der Waals surface area (Å²) in [4.78, 5) is 0. The van der Waals surface area contributed by atoms with Crippen LogP contribution in [0.2, 0.25) is 0 Å². The normalized spacial score (nSPS) is 9.83. The van der Waals surface area contributed by atoms with Gasteiger partial charge in [0.25, 0.3) is 0 Å². The van der Waals surface area contributed by atoms with Gasteiger partial charge < -0.3 is 14.8 Å². The summed E-state index contributed by atoms with van der Waals surface area (Å²) >= 11 is 0. The molecular weight excluding hydrogens is 317 g/mol. The van der Waals surface area contributed by atoms with Crippen LogP contribution in [0.25, 0.3) is 0 Å². The fourth-order valence-electron chi connectivity index (χ4n) is 2.07. The summed E-state index contributed by atoms with van der Waals surface area (Å²) in [7, 11) is 1.61. The van der Waals surface area contributed by atoms with E-state index in [4.69, 9.17) is 9.47 Å². The van der Waals surface area contributed by atoms with E-state index in [1.54, 1.807) is 25.3 Å². The number of hydrogen-bond donors (Lipinski definition) is 1. The number of halogens is 2. The van der Waals surface area contributed by atoms with Crippen LogP contribution in [0.5, 0.6) is 11.5 Å². The Balaban J connectivity index is 0.00000264. The maximum absolute atomic E-state index is 12.9. The van der Waals surface area contributed by atoms with E-state index in [1.165, 1.54) is 12.1 Å². The second-order valence-corrected chi connectivity index (χ2v) is 4.78. The molecule has 0 aliphatic heterocycles. The topological polar surface area (TPSA) is 30.5 Å². The zero-order valence-corrected chi connectivity index (χ0v) is 13.9. The van der Waals surface area contributed by atoms with E-state index in [0.29, 0.717) is 31.2 Å². The summed E-state index contributed by atoms with van der Waals surface area (Å²) < 4.78 is 24.2. The molecule has 5 heteroatoms. The molecule has 0 spiro atoms. The number of hydrogen-bond acceptors (Lipinski definition) is 3. The predicted molar refractivity (Wildman–Crippen MR) is 92.9 cm³/mol. The molecule has 0 amide bonds. The summed E-state index contributed by atoms with van der Waals surface area (Å²) in [6, 6.07) is 12.0. The monoisotopic (exact) mass is 337 g/mol. The van der Waals surface area contributed by atoms with E-state index in [-0.39, 0.29) is 18.2 Å². The Labute approximate surface area is 142 Å². The summed E-state index contributed by atoms with van der Waals surface area (Å²) in [5, 5.41) is 3.25. The number of rotatable bonds is 8. The summed E-state index contributed by atoms with van der Waals surface area (Å²) in [5.41, 5.74) is 1.90. The third-order valence-corrected chi connectivity index (χ3v) is 3.18. The van der Waals surface area contributed by atoms with E-state index in [0.717, 1.165) is 11.1 Å². The SMILES string of the molecule is C=CCNCc1cccc(OC)c1OCc1ccc(F)cc1.Cl. The number of ether oxygens (including phenoxy) is 2. The Morgan fingerprint density at radius 3 is 2.57 bits per heavy atom. The third kappa shape index (κ3) is 5.58. The van der Waals surface area contributed by atoms with Crippen molar-refractivity contribution in [3.63, 3.8) is 0 Å². The molecule has 2 aromatic rings. The van der Waals surface area contributed by atoms with Gasteiger partial charge in [-0.15, -0.1) is 19.0 Å². The third-order valence-electron chi connectivity index (χ3n) is 3.18. The van der Waals surface area contributed by atoms with E-state index >= 15 is 0 Å². The van der Waals surface area contributed by atoms with Crippen LogP contribution in [0.4, 0.5) is 4.39 Å². The highest BCUT2D eigenvalue weighted by molar-refractivity contribution is 5.85. The van der Waals surface area contributed by atoms with Gasteiger partial charge in [-0.1, -0.05) is 30.3 Å². The Bertz CT molecular complexity index is 617. The summed E-state index contributed by atoms with van der Waals surface area (Å²) in [6.45, 7) is 5.41. The van der Waals surface area contributed by atoms with Gasteiger partial charge in [0.15, 0.2) is 11.5 Å². The van der Waals surface area contributed by atoms with Crippen LogP contribution < -0.4 is 14.8 Å². The molecule has 0 heterocycles. The standard InChI is InChI=1S/C18H20FNO2.ClH/c1-3-11-20-12-15-5-4-6-17(21-2)18(15)22-13-14-7-9-16(19)10-8-14;/h3-10,20H,1,11-13H2,2H3;1H. The van der Waals surface area contributed by atoms with Crippen LogP contribution in [0.3, 0.4) is 0 Å². The zero-order valence-electron chi connectivity index (χ0n) is 13.0. The van der Waals surface area contributed by atoms with Gasteiger partial charge in [0.1, 0.15) is 12.4 Å². The lowest BCUT2D eigenvalue weighted by Gasteiger charge is -2.15. The van der Waals surface area contributed by atoms with Gasteiger partial charge in [-0.05, 0) is 23.8 Å². The average Bonchev–Trinajstić information content (AvgIpc) is 2.55. The minimum Gasteiger partial charge on any atom is -0.493 e. The van der Waals surface area contributed by atoms with E-state index in [9.17, 15) is 4.39 Å². The lowest BCUT2D eigenvalue weighted by molar-refractivity contribution is 0.280. The quantitative estimate of drug-likeness (QED) is 0.581. The van der Waals surface area contributed by atoms with Gasteiger partial charge in [-0.3, -0.25) is 0 Å². The molecule has 0 aliphatic rings. The molecule has 0 atom stereocenters. The van der Waals surface area contributed by atoms with Crippen molar-refractivity contribution in [3.05, 3.63) is 72.1 Å². The van der Waals surface area contributed by atoms with Gasteiger partial charge in [-0.25, -0.2) is 4.39 Å². The minimum atomic E-state index is -0.254. The van der Waals surface area contributed by atoms with E-state index in [2.05, 4.69) is 11.9 Å². The Hall–Kier alpha value is -2.04. The Morgan fingerprint density at radius 2 is 1.91 bits per heavy atom. The van der Waals surface area contributed by atoms with Crippen LogP contribution in [-0.2, 0) is 13.2 Å². The fraction of sp³-hybridized carbons (Fsp3) is 0.222. The van der Waals surface area contributed by atoms with Crippen molar-refractivity contribution in [3.8, 4) is 11.5 Å². The van der Waals surface area contributed by atoms with Gasteiger partial charge in [-0.2, -0.15) is 0 Å². The van der Waals surface area contributed by atoms with Crippen LogP contribution in [0, 0.1) is 5.82 Å². The maximum atomic E-state index is 12.9. The highest BCUT2D eigenvalue weighted by atomic mass is 35.5. The highest BCUT2D eigenvalue weighted by Gasteiger charge is 2.10. The van der Waals surface area contributed by atoms with Crippen molar-refractivity contribution < 1.29 is 13.9 Å². The molecule has 124 valence electrons. The molecule has 2 aromatic carbocycles. The second-order valence-electron chi connectivity index (χ2n) is 4.78. The lowest BCUT2D eigenvalue weighted by Crippen LogP contribution is -2.14. The predicted octanol–water partition coefficient (Wildman–Crippen LogP) is 4.11. The minimum absolute atomic E-state index is 0. The van der Waals surface area contributed by atoms with Gasteiger partial charge in [0, 0.05) is 18.7 Å². The smallest absolute Gasteiger partial charge is 0.166 e. The van der Waals surface area contributed by atoms with Gasteiger partial charge >= 0.3 is 0 Å². The summed E-state index contributed by atoms with van der Waals surface area (Å²) in [6.07, 6.45) is 1.80. The average molecular weight is 338 g/mol. The molecule has 0 bridgehead atoms. The first kappa shape index (κ1) is 19.0. The van der Waals surface area contributed by atoms with Crippen molar-refractivity contribution in [1.29, 1.82) is 0 Å².